The normalized spacial score (nSPS) is 10.8. The van der Waals surface area contributed by atoms with Crippen LogP contribution in [-0.2, 0) is 6.54 Å². The molecule has 17 heavy (non-hydrogen) atoms. The molecule has 0 aliphatic carbocycles. The SMILES string of the molecule is CCCCCN(C)Cc1cccc(NCC)n1. The summed E-state index contributed by atoms with van der Waals surface area (Å²) < 4.78 is 0. The van der Waals surface area contributed by atoms with Crippen molar-refractivity contribution in [3.8, 4) is 0 Å². The van der Waals surface area contributed by atoms with Crippen LogP contribution in [0.25, 0.3) is 0 Å². The summed E-state index contributed by atoms with van der Waals surface area (Å²) >= 11 is 0. The van der Waals surface area contributed by atoms with Crippen LogP contribution in [0, 0.1) is 0 Å². The highest BCUT2D eigenvalue weighted by molar-refractivity contribution is 5.34. The van der Waals surface area contributed by atoms with E-state index in [4.69, 9.17) is 0 Å². The largest absolute Gasteiger partial charge is 0.370 e. The molecule has 0 aliphatic rings. The lowest BCUT2D eigenvalue weighted by atomic mass is 10.2. The Bertz CT molecular complexity index is 312. The maximum Gasteiger partial charge on any atom is 0.126 e. The Hall–Kier alpha value is -1.09. The third-order valence-corrected chi connectivity index (χ3v) is 2.74. The summed E-state index contributed by atoms with van der Waals surface area (Å²) in [6, 6.07) is 6.18. The molecule has 0 aliphatic heterocycles. The standard InChI is InChI=1S/C14H25N3/c1-4-6-7-11-17(3)12-13-9-8-10-14(16-13)15-5-2/h8-10H,4-7,11-12H2,1-3H3,(H,15,16). The zero-order valence-electron chi connectivity index (χ0n) is 11.4. The third kappa shape index (κ3) is 5.68. The van der Waals surface area contributed by atoms with Gasteiger partial charge in [0, 0.05) is 13.1 Å². The van der Waals surface area contributed by atoms with Crippen LogP contribution in [0.3, 0.4) is 0 Å². The highest BCUT2D eigenvalue weighted by Gasteiger charge is 2.02. The Labute approximate surface area is 105 Å². The number of aromatic nitrogens is 1. The molecule has 0 bridgehead atoms. The summed E-state index contributed by atoms with van der Waals surface area (Å²) in [5, 5.41) is 3.24. The Kier molecular flexibility index (Phi) is 6.63. The molecule has 1 aromatic rings. The molecule has 0 atom stereocenters. The Morgan fingerprint density at radius 2 is 2.06 bits per heavy atom. The van der Waals surface area contributed by atoms with Crippen molar-refractivity contribution in [2.45, 2.75) is 39.7 Å². The number of nitrogens with zero attached hydrogens (tertiary/aromatic N) is 2. The van der Waals surface area contributed by atoms with Crippen molar-refractivity contribution >= 4 is 5.82 Å². The van der Waals surface area contributed by atoms with Crippen LogP contribution >= 0.6 is 0 Å². The van der Waals surface area contributed by atoms with Gasteiger partial charge in [-0.1, -0.05) is 25.8 Å². The summed E-state index contributed by atoms with van der Waals surface area (Å²) in [5.41, 5.74) is 1.14. The molecule has 3 heteroatoms. The second kappa shape index (κ2) is 8.07. The van der Waals surface area contributed by atoms with Crippen molar-refractivity contribution in [1.82, 2.24) is 9.88 Å². The highest BCUT2D eigenvalue weighted by atomic mass is 15.1. The van der Waals surface area contributed by atoms with E-state index >= 15 is 0 Å². The smallest absolute Gasteiger partial charge is 0.126 e. The molecule has 0 saturated carbocycles. The fraction of sp³-hybridized carbons (Fsp3) is 0.643. The molecule has 0 aromatic carbocycles. The van der Waals surface area contributed by atoms with Crippen LogP contribution in [0.15, 0.2) is 18.2 Å². The van der Waals surface area contributed by atoms with E-state index in [1.54, 1.807) is 0 Å². The molecule has 1 N–H and O–H groups in total. The quantitative estimate of drug-likeness (QED) is 0.702. The van der Waals surface area contributed by atoms with Gasteiger partial charge in [-0.15, -0.1) is 0 Å². The predicted molar refractivity (Wildman–Crippen MR) is 74.3 cm³/mol. The summed E-state index contributed by atoms with van der Waals surface area (Å²) in [7, 11) is 2.16. The fourth-order valence-electron chi connectivity index (χ4n) is 1.83. The monoisotopic (exact) mass is 235 g/mol. The first-order chi connectivity index (χ1) is 8.26. The number of hydrogen-bond acceptors (Lipinski definition) is 3. The zero-order chi connectivity index (χ0) is 12.5. The van der Waals surface area contributed by atoms with E-state index in [9.17, 15) is 0 Å². The summed E-state index contributed by atoms with van der Waals surface area (Å²) in [5.74, 6) is 0.979. The van der Waals surface area contributed by atoms with Crippen LogP contribution in [0.1, 0.15) is 38.8 Å². The number of unbranched alkanes of at least 4 members (excludes halogenated alkanes) is 2. The van der Waals surface area contributed by atoms with E-state index in [2.05, 4.69) is 48.2 Å². The van der Waals surface area contributed by atoms with E-state index < -0.39 is 0 Å². The minimum absolute atomic E-state index is 0.919. The lowest BCUT2D eigenvalue weighted by molar-refractivity contribution is 0.314. The summed E-state index contributed by atoms with van der Waals surface area (Å²) in [4.78, 5) is 6.92. The van der Waals surface area contributed by atoms with E-state index in [0.717, 1.165) is 31.1 Å². The molecule has 1 rings (SSSR count). The summed E-state index contributed by atoms with van der Waals surface area (Å²) in [6.45, 7) is 7.33. The first-order valence-electron chi connectivity index (χ1n) is 6.64. The van der Waals surface area contributed by atoms with E-state index in [0.29, 0.717) is 0 Å². The van der Waals surface area contributed by atoms with E-state index in [-0.39, 0.29) is 0 Å². The predicted octanol–water partition coefficient (Wildman–Crippen LogP) is 3.14. The van der Waals surface area contributed by atoms with Gasteiger partial charge in [0.1, 0.15) is 5.82 Å². The maximum absolute atomic E-state index is 4.58. The second-order valence-electron chi connectivity index (χ2n) is 4.49. The number of anilines is 1. The van der Waals surface area contributed by atoms with Gasteiger partial charge in [0.15, 0.2) is 0 Å². The van der Waals surface area contributed by atoms with Gasteiger partial charge >= 0.3 is 0 Å². The molecule has 0 fully saturated rings. The van der Waals surface area contributed by atoms with Crippen LogP contribution in [0.2, 0.25) is 0 Å². The van der Waals surface area contributed by atoms with Crippen LogP contribution in [-0.4, -0.2) is 30.0 Å². The number of nitrogens with one attached hydrogen (secondary N) is 1. The molecule has 0 unspecified atom stereocenters. The van der Waals surface area contributed by atoms with Crippen molar-refractivity contribution < 1.29 is 0 Å². The second-order valence-corrected chi connectivity index (χ2v) is 4.49. The lowest BCUT2D eigenvalue weighted by Gasteiger charge is -2.16. The highest BCUT2D eigenvalue weighted by Crippen LogP contribution is 2.07. The summed E-state index contributed by atoms with van der Waals surface area (Å²) in [6.07, 6.45) is 3.87. The van der Waals surface area contributed by atoms with E-state index in [1.807, 2.05) is 6.07 Å². The molecule has 0 amide bonds. The Morgan fingerprint density at radius 1 is 1.24 bits per heavy atom. The first-order valence-corrected chi connectivity index (χ1v) is 6.64. The fourth-order valence-corrected chi connectivity index (χ4v) is 1.83. The Balaban J connectivity index is 2.41. The molecule has 0 radical (unpaired) electrons. The maximum atomic E-state index is 4.58. The molecule has 96 valence electrons. The van der Waals surface area contributed by atoms with Gasteiger partial charge in [-0.05, 0) is 39.1 Å². The van der Waals surface area contributed by atoms with Crippen LogP contribution in [0.4, 0.5) is 5.82 Å². The average Bonchev–Trinajstić information content (AvgIpc) is 2.30. The van der Waals surface area contributed by atoms with Gasteiger partial charge < -0.3 is 10.2 Å². The zero-order valence-corrected chi connectivity index (χ0v) is 11.4. The molecular weight excluding hydrogens is 210 g/mol. The van der Waals surface area contributed by atoms with Gasteiger partial charge in [0.05, 0.1) is 5.69 Å². The van der Waals surface area contributed by atoms with Crippen LogP contribution in [0.5, 0.6) is 0 Å². The van der Waals surface area contributed by atoms with Gasteiger partial charge in [-0.3, -0.25) is 0 Å². The molecule has 1 aromatic heterocycles. The van der Waals surface area contributed by atoms with E-state index in [1.165, 1.54) is 19.3 Å². The minimum Gasteiger partial charge on any atom is -0.370 e. The van der Waals surface area contributed by atoms with Crippen molar-refractivity contribution in [2.24, 2.45) is 0 Å². The Morgan fingerprint density at radius 3 is 2.76 bits per heavy atom. The number of hydrogen-bond donors (Lipinski definition) is 1. The molecular formula is C14H25N3. The van der Waals surface area contributed by atoms with Gasteiger partial charge in [-0.25, -0.2) is 4.98 Å². The number of rotatable bonds is 8. The average molecular weight is 235 g/mol. The van der Waals surface area contributed by atoms with Crippen molar-refractivity contribution in [3.63, 3.8) is 0 Å². The molecule has 3 nitrogen and oxygen atoms in total. The van der Waals surface area contributed by atoms with Gasteiger partial charge in [-0.2, -0.15) is 0 Å². The van der Waals surface area contributed by atoms with Crippen molar-refractivity contribution in [1.29, 1.82) is 0 Å². The minimum atomic E-state index is 0.919. The first kappa shape index (κ1) is 14.0. The molecule has 0 spiro atoms. The van der Waals surface area contributed by atoms with Crippen molar-refractivity contribution in [2.75, 3.05) is 25.5 Å². The van der Waals surface area contributed by atoms with Gasteiger partial charge in [0.2, 0.25) is 0 Å². The van der Waals surface area contributed by atoms with Crippen LogP contribution < -0.4 is 5.32 Å². The topological polar surface area (TPSA) is 28.2 Å². The molecule has 1 heterocycles. The third-order valence-electron chi connectivity index (χ3n) is 2.74. The van der Waals surface area contributed by atoms with Crippen molar-refractivity contribution in [3.05, 3.63) is 23.9 Å². The lowest BCUT2D eigenvalue weighted by Crippen LogP contribution is -2.20. The molecule has 0 saturated heterocycles. The van der Waals surface area contributed by atoms with Gasteiger partial charge in [0.25, 0.3) is 0 Å². The number of pyridine rings is 1.